The van der Waals surface area contributed by atoms with Gasteiger partial charge in [0.1, 0.15) is 0 Å². The maximum Gasteiger partial charge on any atom is 0.0347 e. The number of hydrogen-bond acceptors (Lipinski definition) is 2. The van der Waals surface area contributed by atoms with Crippen LogP contribution in [-0.2, 0) is 11.8 Å². The Morgan fingerprint density at radius 2 is 1.76 bits per heavy atom. The highest BCUT2D eigenvalue weighted by molar-refractivity contribution is 5.36. The fourth-order valence-corrected chi connectivity index (χ4v) is 3.32. The minimum atomic E-state index is 0.217. The molecule has 2 aromatic carbocycles. The van der Waals surface area contributed by atoms with Crippen LogP contribution in [0.3, 0.4) is 0 Å². The van der Waals surface area contributed by atoms with E-state index in [0.29, 0.717) is 6.04 Å². The molecule has 0 saturated heterocycles. The van der Waals surface area contributed by atoms with Gasteiger partial charge >= 0.3 is 0 Å². The van der Waals surface area contributed by atoms with Crippen molar-refractivity contribution in [3.63, 3.8) is 0 Å². The number of nitrogens with one attached hydrogen (secondary N) is 1. The Bertz CT molecular complexity index is 615. The summed E-state index contributed by atoms with van der Waals surface area (Å²) in [6.07, 6.45) is 3.42. The maximum atomic E-state index is 5.90. The van der Waals surface area contributed by atoms with Crippen molar-refractivity contribution in [1.29, 1.82) is 0 Å². The second-order valence-electron chi connectivity index (χ2n) is 6.36. The molecule has 2 aromatic rings. The van der Waals surface area contributed by atoms with E-state index in [-0.39, 0.29) is 5.41 Å². The Morgan fingerprint density at radius 3 is 2.33 bits per heavy atom. The van der Waals surface area contributed by atoms with E-state index in [1.165, 1.54) is 35.1 Å². The van der Waals surface area contributed by atoms with Crippen molar-refractivity contribution >= 4 is 0 Å². The monoisotopic (exact) mass is 280 g/mol. The molecule has 0 aliphatic heterocycles. The van der Waals surface area contributed by atoms with Crippen molar-refractivity contribution in [3.05, 3.63) is 70.8 Å². The standard InChI is InChI=1S/C19H24N2/c1-14-8-9-16(12-15(14)2)13-18(21-20)19(10-11-19)17-6-4-3-5-7-17/h3-9,12,18,21H,10-11,13,20H2,1-2H3. The molecule has 1 atom stereocenters. The lowest BCUT2D eigenvalue weighted by atomic mass is 9.84. The van der Waals surface area contributed by atoms with Crippen LogP contribution in [-0.4, -0.2) is 6.04 Å². The van der Waals surface area contributed by atoms with Crippen LogP contribution < -0.4 is 11.3 Å². The first-order valence-electron chi connectivity index (χ1n) is 7.73. The third-order valence-corrected chi connectivity index (χ3v) is 5.02. The quantitative estimate of drug-likeness (QED) is 0.650. The third-order valence-electron chi connectivity index (χ3n) is 5.02. The van der Waals surface area contributed by atoms with Gasteiger partial charge in [0.05, 0.1) is 0 Å². The molecule has 110 valence electrons. The van der Waals surface area contributed by atoms with Crippen molar-refractivity contribution in [2.45, 2.75) is 44.6 Å². The van der Waals surface area contributed by atoms with Crippen molar-refractivity contribution in [2.75, 3.05) is 0 Å². The van der Waals surface area contributed by atoms with Crippen LogP contribution >= 0.6 is 0 Å². The molecule has 0 radical (unpaired) electrons. The van der Waals surface area contributed by atoms with Crippen LogP contribution in [0.15, 0.2) is 48.5 Å². The minimum absolute atomic E-state index is 0.217. The molecule has 1 fully saturated rings. The number of rotatable bonds is 5. The van der Waals surface area contributed by atoms with Crippen LogP contribution in [0.5, 0.6) is 0 Å². The fourth-order valence-electron chi connectivity index (χ4n) is 3.32. The molecule has 3 rings (SSSR count). The summed E-state index contributed by atoms with van der Waals surface area (Å²) in [6, 6.07) is 17.8. The molecular formula is C19H24N2. The highest BCUT2D eigenvalue weighted by atomic mass is 15.2. The largest absolute Gasteiger partial charge is 0.271 e. The summed E-state index contributed by atoms with van der Waals surface area (Å²) in [5.74, 6) is 5.90. The highest BCUT2D eigenvalue weighted by Gasteiger charge is 2.50. The van der Waals surface area contributed by atoms with E-state index in [0.717, 1.165) is 6.42 Å². The fraction of sp³-hybridized carbons (Fsp3) is 0.368. The van der Waals surface area contributed by atoms with Gasteiger partial charge in [-0.25, -0.2) is 0 Å². The van der Waals surface area contributed by atoms with Gasteiger partial charge in [-0.3, -0.25) is 11.3 Å². The highest BCUT2D eigenvalue weighted by Crippen LogP contribution is 2.51. The Kier molecular flexibility index (Phi) is 3.83. The Morgan fingerprint density at radius 1 is 1.05 bits per heavy atom. The van der Waals surface area contributed by atoms with Crippen LogP contribution in [0.4, 0.5) is 0 Å². The molecule has 2 heteroatoms. The lowest BCUT2D eigenvalue weighted by molar-refractivity contribution is 0.420. The summed E-state index contributed by atoms with van der Waals surface area (Å²) in [5.41, 5.74) is 8.78. The van der Waals surface area contributed by atoms with E-state index in [4.69, 9.17) is 5.84 Å². The summed E-state index contributed by atoms with van der Waals surface area (Å²) in [4.78, 5) is 0. The number of hydrogen-bond donors (Lipinski definition) is 2. The van der Waals surface area contributed by atoms with Gasteiger partial charge in [0, 0.05) is 11.5 Å². The van der Waals surface area contributed by atoms with E-state index >= 15 is 0 Å². The topological polar surface area (TPSA) is 38.0 Å². The van der Waals surface area contributed by atoms with E-state index in [1.54, 1.807) is 0 Å². The normalized spacial score (nSPS) is 17.5. The first kappa shape index (κ1) is 14.3. The SMILES string of the molecule is Cc1ccc(CC(NN)C2(c3ccccc3)CC2)cc1C. The lowest BCUT2D eigenvalue weighted by Gasteiger charge is -2.27. The zero-order valence-electron chi connectivity index (χ0n) is 12.9. The molecule has 0 spiro atoms. The second kappa shape index (κ2) is 5.63. The van der Waals surface area contributed by atoms with Crippen molar-refractivity contribution < 1.29 is 0 Å². The van der Waals surface area contributed by atoms with Gasteiger partial charge in [-0.2, -0.15) is 0 Å². The van der Waals surface area contributed by atoms with Gasteiger partial charge in [-0.05, 0) is 55.4 Å². The van der Waals surface area contributed by atoms with Gasteiger partial charge in [0.2, 0.25) is 0 Å². The average Bonchev–Trinajstić information content (AvgIpc) is 3.31. The molecule has 1 aliphatic carbocycles. The number of hydrazine groups is 1. The molecule has 1 unspecified atom stereocenters. The second-order valence-corrected chi connectivity index (χ2v) is 6.36. The molecule has 3 N–H and O–H groups in total. The van der Waals surface area contributed by atoms with E-state index in [1.807, 2.05) is 0 Å². The molecule has 1 aliphatic rings. The molecule has 21 heavy (non-hydrogen) atoms. The molecule has 0 heterocycles. The Hall–Kier alpha value is -1.64. The number of benzene rings is 2. The van der Waals surface area contributed by atoms with Crippen LogP contribution in [0, 0.1) is 13.8 Å². The maximum absolute atomic E-state index is 5.90. The predicted octanol–water partition coefficient (Wildman–Crippen LogP) is 3.41. The summed E-state index contributed by atoms with van der Waals surface area (Å²) in [7, 11) is 0. The molecule has 2 nitrogen and oxygen atoms in total. The smallest absolute Gasteiger partial charge is 0.0347 e. The first-order chi connectivity index (χ1) is 10.2. The van der Waals surface area contributed by atoms with Crippen molar-refractivity contribution in [1.82, 2.24) is 5.43 Å². The van der Waals surface area contributed by atoms with Gasteiger partial charge in [0.25, 0.3) is 0 Å². The van der Waals surface area contributed by atoms with Crippen molar-refractivity contribution in [3.8, 4) is 0 Å². The Balaban J connectivity index is 1.84. The summed E-state index contributed by atoms with van der Waals surface area (Å²) in [5, 5.41) is 0. The molecule has 0 bridgehead atoms. The molecule has 0 amide bonds. The van der Waals surface area contributed by atoms with Crippen LogP contribution in [0.2, 0.25) is 0 Å². The van der Waals surface area contributed by atoms with E-state index in [9.17, 15) is 0 Å². The van der Waals surface area contributed by atoms with E-state index in [2.05, 4.69) is 67.8 Å². The predicted molar refractivity (Wildman–Crippen MR) is 88.1 cm³/mol. The number of nitrogens with two attached hydrogens (primary N) is 1. The first-order valence-corrected chi connectivity index (χ1v) is 7.73. The Labute approximate surface area is 127 Å². The zero-order valence-corrected chi connectivity index (χ0v) is 12.9. The molecular weight excluding hydrogens is 256 g/mol. The van der Waals surface area contributed by atoms with E-state index < -0.39 is 0 Å². The average molecular weight is 280 g/mol. The zero-order chi connectivity index (χ0) is 14.9. The van der Waals surface area contributed by atoms with Crippen molar-refractivity contribution in [2.24, 2.45) is 5.84 Å². The van der Waals surface area contributed by atoms with Gasteiger partial charge < -0.3 is 0 Å². The lowest BCUT2D eigenvalue weighted by Crippen LogP contribution is -2.45. The summed E-state index contributed by atoms with van der Waals surface area (Å²) >= 11 is 0. The summed E-state index contributed by atoms with van der Waals surface area (Å²) < 4.78 is 0. The van der Waals surface area contributed by atoms with Gasteiger partial charge in [-0.15, -0.1) is 0 Å². The van der Waals surface area contributed by atoms with Gasteiger partial charge in [-0.1, -0.05) is 48.5 Å². The number of aryl methyl sites for hydroxylation is 2. The third kappa shape index (κ3) is 2.74. The molecule has 0 aromatic heterocycles. The van der Waals surface area contributed by atoms with Crippen LogP contribution in [0.25, 0.3) is 0 Å². The van der Waals surface area contributed by atoms with Gasteiger partial charge in [0.15, 0.2) is 0 Å². The summed E-state index contributed by atoms with van der Waals surface area (Å²) in [6.45, 7) is 4.33. The van der Waals surface area contributed by atoms with Crippen LogP contribution in [0.1, 0.15) is 35.1 Å². The minimum Gasteiger partial charge on any atom is -0.271 e. The molecule has 1 saturated carbocycles.